The van der Waals surface area contributed by atoms with Gasteiger partial charge in [-0.25, -0.2) is 0 Å². The van der Waals surface area contributed by atoms with Gasteiger partial charge in [0.2, 0.25) is 5.91 Å². The molecule has 1 aromatic heterocycles. The Morgan fingerprint density at radius 2 is 2.05 bits per heavy atom. The number of nitrogens with one attached hydrogen (secondary N) is 2. The molecule has 0 atom stereocenters. The minimum absolute atomic E-state index is 0.0438. The largest absolute Gasteiger partial charge is 0.359 e. The second kappa shape index (κ2) is 7.22. The maximum Gasteiger partial charge on any atom is 0.226 e. The highest BCUT2D eigenvalue weighted by atomic mass is 79.9. The summed E-state index contributed by atoms with van der Waals surface area (Å²) < 4.78 is 3.08. The normalized spacial score (nSPS) is 11.7. The molecule has 1 heterocycles. The first-order valence-electron chi connectivity index (χ1n) is 7.04. The summed E-state index contributed by atoms with van der Waals surface area (Å²) in [4.78, 5) is 11.7. The number of hydrogen-bond donors (Lipinski definition) is 2. The lowest BCUT2D eigenvalue weighted by Gasteiger charge is -2.23. The van der Waals surface area contributed by atoms with Crippen molar-refractivity contribution >= 4 is 21.8 Å². The predicted molar refractivity (Wildman–Crippen MR) is 84.5 cm³/mol. The van der Waals surface area contributed by atoms with Gasteiger partial charge in [-0.1, -0.05) is 6.92 Å². The third-order valence-electron chi connectivity index (χ3n) is 3.40. The fourth-order valence-electron chi connectivity index (χ4n) is 2.10. The van der Waals surface area contributed by atoms with Crippen LogP contribution in [0.2, 0.25) is 0 Å². The lowest BCUT2D eigenvalue weighted by molar-refractivity contribution is -0.128. The molecule has 1 aromatic rings. The molecule has 0 aliphatic rings. The van der Waals surface area contributed by atoms with Gasteiger partial charge in [-0.15, -0.1) is 0 Å². The highest BCUT2D eigenvalue weighted by molar-refractivity contribution is 9.10. The Hall–Kier alpha value is -0.880. The number of carbonyl (C=O) groups is 1. The molecule has 0 aliphatic carbocycles. The van der Waals surface area contributed by atoms with Crippen molar-refractivity contribution in [1.82, 2.24) is 20.4 Å². The molecular formula is C14H25BrN4O. The molecule has 0 aliphatic heterocycles. The Balaban J connectivity index is 2.71. The van der Waals surface area contributed by atoms with Crippen molar-refractivity contribution in [3.63, 3.8) is 0 Å². The van der Waals surface area contributed by atoms with Crippen LogP contribution in [0.5, 0.6) is 0 Å². The van der Waals surface area contributed by atoms with E-state index in [1.54, 1.807) is 7.05 Å². The quantitative estimate of drug-likeness (QED) is 0.796. The molecule has 0 radical (unpaired) electrons. The van der Waals surface area contributed by atoms with Gasteiger partial charge in [-0.3, -0.25) is 9.48 Å². The number of aryl methyl sites for hydroxylation is 2. The molecule has 0 unspecified atom stereocenters. The van der Waals surface area contributed by atoms with Crippen molar-refractivity contribution in [1.29, 1.82) is 0 Å². The van der Waals surface area contributed by atoms with E-state index in [-0.39, 0.29) is 5.91 Å². The highest BCUT2D eigenvalue weighted by Gasteiger charge is 2.26. The predicted octanol–water partition coefficient (Wildman–Crippen LogP) is 2.09. The zero-order valence-electron chi connectivity index (χ0n) is 13.0. The zero-order valence-corrected chi connectivity index (χ0v) is 14.6. The summed E-state index contributed by atoms with van der Waals surface area (Å²) in [5, 5.41) is 10.6. The molecule has 5 nitrogen and oxygen atoms in total. The first-order chi connectivity index (χ1) is 9.37. The first kappa shape index (κ1) is 17.2. The number of aromatic nitrogens is 2. The minimum atomic E-state index is -0.425. The lowest BCUT2D eigenvalue weighted by atomic mass is 9.92. The topological polar surface area (TPSA) is 59.0 Å². The van der Waals surface area contributed by atoms with Crippen LogP contribution in [0.1, 0.15) is 39.1 Å². The molecule has 1 rings (SSSR count). The van der Waals surface area contributed by atoms with Gasteiger partial charge in [0.05, 0.1) is 21.3 Å². The molecule has 0 aromatic carbocycles. The number of hydrogen-bond acceptors (Lipinski definition) is 3. The van der Waals surface area contributed by atoms with E-state index in [0.29, 0.717) is 13.1 Å². The van der Waals surface area contributed by atoms with Crippen molar-refractivity contribution in [2.45, 2.75) is 47.2 Å². The van der Waals surface area contributed by atoms with Crippen LogP contribution in [0.25, 0.3) is 0 Å². The highest BCUT2D eigenvalue weighted by Crippen LogP contribution is 2.22. The van der Waals surface area contributed by atoms with Crippen molar-refractivity contribution in [2.75, 3.05) is 13.6 Å². The molecule has 1 amide bonds. The van der Waals surface area contributed by atoms with Crippen LogP contribution in [0.3, 0.4) is 0 Å². The summed E-state index contributed by atoms with van der Waals surface area (Å²) in [6, 6.07) is 0. The fourth-order valence-corrected chi connectivity index (χ4v) is 2.80. The molecule has 6 heteroatoms. The minimum Gasteiger partial charge on any atom is -0.359 e. The maximum atomic E-state index is 11.7. The summed E-state index contributed by atoms with van der Waals surface area (Å²) in [5.41, 5.74) is 1.79. The second-order valence-corrected chi connectivity index (χ2v) is 6.24. The van der Waals surface area contributed by atoms with Crippen LogP contribution in [-0.2, 0) is 24.3 Å². The Bertz CT molecular complexity index is 468. The van der Waals surface area contributed by atoms with Crippen LogP contribution in [0.15, 0.2) is 4.47 Å². The number of amides is 1. The second-order valence-electron chi connectivity index (χ2n) is 5.44. The Kier molecular flexibility index (Phi) is 6.20. The van der Waals surface area contributed by atoms with E-state index in [1.165, 1.54) is 0 Å². The van der Waals surface area contributed by atoms with Gasteiger partial charge < -0.3 is 10.6 Å². The third-order valence-corrected chi connectivity index (χ3v) is 4.31. The third kappa shape index (κ3) is 3.82. The Morgan fingerprint density at radius 3 is 2.55 bits per heavy atom. The summed E-state index contributed by atoms with van der Waals surface area (Å²) in [7, 11) is 1.67. The van der Waals surface area contributed by atoms with Crippen LogP contribution in [0.4, 0.5) is 0 Å². The zero-order chi connectivity index (χ0) is 15.3. The van der Waals surface area contributed by atoms with E-state index < -0.39 is 5.41 Å². The Morgan fingerprint density at radius 1 is 1.40 bits per heavy atom. The van der Waals surface area contributed by atoms with Crippen LogP contribution < -0.4 is 10.6 Å². The molecule has 0 bridgehead atoms. The fraction of sp³-hybridized carbons (Fsp3) is 0.714. The molecule has 0 saturated carbocycles. The smallest absolute Gasteiger partial charge is 0.226 e. The average molecular weight is 345 g/mol. The summed E-state index contributed by atoms with van der Waals surface area (Å²) >= 11 is 3.62. The van der Waals surface area contributed by atoms with Crippen LogP contribution >= 0.6 is 15.9 Å². The standard InChI is InChI=1S/C14H25BrN4O/c1-6-10-12(15)11(19(7-2)18-10)8-17-9-14(3,4)13(20)16-5/h17H,6-9H2,1-5H3,(H,16,20). The van der Waals surface area contributed by atoms with E-state index in [9.17, 15) is 4.79 Å². The lowest BCUT2D eigenvalue weighted by Crippen LogP contribution is -2.42. The van der Waals surface area contributed by atoms with Gasteiger partial charge in [0.25, 0.3) is 0 Å². The van der Waals surface area contributed by atoms with Crippen molar-refractivity contribution in [2.24, 2.45) is 5.41 Å². The van der Waals surface area contributed by atoms with Gasteiger partial charge in [-0.2, -0.15) is 5.10 Å². The van der Waals surface area contributed by atoms with Crippen LogP contribution in [-0.4, -0.2) is 29.3 Å². The number of rotatable bonds is 7. The molecule has 20 heavy (non-hydrogen) atoms. The number of nitrogens with zero attached hydrogens (tertiary/aromatic N) is 2. The number of carbonyl (C=O) groups excluding carboxylic acids is 1. The monoisotopic (exact) mass is 344 g/mol. The summed E-state index contributed by atoms with van der Waals surface area (Å²) in [5.74, 6) is 0.0438. The van der Waals surface area contributed by atoms with Crippen molar-refractivity contribution in [3.05, 3.63) is 15.9 Å². The van der Waals surface area contributed by atoms with E-state index in [0.717, 1.165) is 28.8 Å². The first-order valence-corrected chi connectivity index (χ1v) is 7.83. The molecule has 114 valence electrons. The molecule has 0 spiro atoms. The van der Waals surface area contributed by atoms with E-state index in [1.807, 2.05) is 18.5 Å². The maximum absolute atomic E-state index is 11.7. The van der Waals surface area contributed by atoms with E-state index in [4.69, 9.17) is 0 Å². The summed E-state index contributed by atoms with van der Waals surface area (Å²) in [6.45, 7) is 10.2. The van der Waals surface area contributed by atoms with E-state index >= 15 is 0 Å². The van der Waals surface area contributed by atoms with Gasteiger partial charge >= 0.3 is 0 Å². The SMILES string of the molecule is CCc1nn(CC)c(CNCC(C)(C)C(=O)NC)c1Br. The van der Waals surface area contributed by atoms with Gasteiger partial charge in [0.15, 0.2) is 0 Å². The van der Waals surface area contributed by atoms with E-state index in [2.05, 4.69) is 45.5 Å². The van der Waals surface area contributed by atoms with Gasteiger partial charge in [-0.05, 0) is 43.1 Å². The molecule has 0 fully saturated rings. The van der Waals surface area contributed by atoms with Crippen molar-refractivity contribution in [3.8, 4) is 0 Å². The summed E-state index contributed by atoms with van der Waals surface area (Å²) in [6.07, 6.45) is 0.907. The molecule has 0 saturated heterocycles. The number of halogens is 1. The van der Waals surface area contributed by atoms with Gasteiger partial charge in [0.1, 0.15) is 0 Å². The molecular weight excluding hydrogens is 320 g/mol. The average Bonchev–Trinajstić information content (AvgIpc) is 2.74. The molecule has 2 N–H and O–H groups in total. The van der Waals surface area contributed by atoms with Crippen molar-refractivity contribution < 1.29 is 4.79 Å². The Labute approximate surface area is 129 Å². The van der Waals surface area contributed by atoms with Crippen LogP contribution in [0, 0.1) is 5.41 Å². The van der Waals surface area contributed by atoms with Gasteiger partial charge in [0, 0.05) is 26.7 Å².